The summed E-state index contributed by atoms with van der Waals surface area (Å²) in [5, 5.41) is 10.0. The fourth-order valence-corrected chi connectivity index (χ4v) is 3.31. The van der Waals surface area contributed by atoms with Crippen molar-refractivity contribution in [2.75, 3.05) is 5.32 Å². The predicted octanol–water partition coefficient (Wildman–Crippen LogP) is 4.58. The van der Waals surface area contributed by atoms with Gasteiger partial charge in [0.2, 0.25) is 5.91 Å². The molecule has 0 bridgehead atoms. The van der Waals surface area contributed by atoms with E-state index in [9.17, 15) is 22.8 Å². The van der Waals surface area contributed by atoms with E-state index in [0.29, 0.717) is 11.3 Å². The van der Waals surface area contributed by atoms with E-state index < -0.39 is 23.6 Å². The summed E-state index contributed by atoms with van der Waals surface area (Å²) < 4.78 is 40.7. The predicted molar refractivity (Wildman–Crippen MR) is 119 cm³/mol. The maximum absolute atomic E-state index is 13.6. The van der Waals surface area contributed by atoms with E-state index >= 15 is 0 Å². The van der Waals surface area contributed by atoms with Gasteiger partial charge >= 0.3 is 6.18 Å². The Balaban J connectivity index is 1.76. The highest BCUT2D eigenvalue weighted by atomic mass is 19.4. The fraction of sp³-hybridized carbons (Fsp3) is 0.0417. The Morgan fingerprint density at radius 1 is 0.912 bits per heavy atom. The summed E-state index contributed by atoms with van der Waals surface area (Å²) in [5.41, 5.74) is 5.26. The average Bonchev–Trinajstić information content (AvgIpc) is 2.84. The molecule has 0 aliphatic carbocycles. The Bertz CT molecular complexity index is 1360. The van der Waals surface area contributed by atoms with Gasteiger partial charge in [-0.05, 0) is 36.4 Å². The van der Waals surface area contributed by atoms with Crippen LogP contribution in [0.2, 0.25) is 0 Å². The van der Waals surface area contributed by atoms with E-state index in [2.05, 4.69) is 20.5 Å². The zero-order valence-electron chi connectivity index (χ0n) is 17.4. The van der Waals surface area contributed by atoms with Crippen LogP contribution >= 0.6 is 0 Å². The number of nitrogens with two attached hydrogens (primary N) is 1. The number of benzene rings is 2. The first-order chi connectivity index (χ1) is 16.2. The highest BCUT2D eigenvalue weighted by Crippen LogP contribution is 2.37. The summed E-state index contributed by atoms with van der Waals surface area (Å²) in [6, 6.07) is 16.0. The van der Waals surface area contributed by atoms with Gasteiger partial charge in [-0.3, -0.25) is 14.6 Å². The minimum atomic E-state index is -4.66. The molecule has 0 aliphatic heterocycles. The van der Waals surface area contributed by atoms with Gasteiger partial charge in [-0.25, -0.2) is 0 Å². The van der Waals surface area contributed by atoms with Crippen LogP contribution in [0.3, 0.4) is 0 Å². The number of anilines is 1. The standard InChI is InChI=1S/C24H16F3N5O2/c25-24(26,27)18-9-8-15(11-17(18)19-7-4-10-30-32-19)23(34)31-20-12-16(22(28)33)13-29-21(20)14-5-2-1-3-6-14/h1-13H,(H2,28,33)(H,31,34). The largest absolute Gasteiger partial charge is 0.417 e. The lowest BCUT2D eigenvalue weighted by Crippen LogP contribution is -2.17. The molecule has 0 unspecified atom stereocenters. The zero-order valence-corrected chi connectivity index (χ0v) is 17.4. The molecule has 34 heavy (non-hydrogen) atoms. The molecule has 7 nitrogen and oxygen atoms in total. The molecule has 0 fully saturated rings. The number of amides is 2. The highest BCUT2D eigenvalue weighted by molar-refractivity contribution is 6.07. The topological polar surface area (TPSA) is 111 Å². The molecule has 2 aromatic carbocycles. The van der Waals surface area contributed by atoms with Crippen LogP contribution in [0.4, 0.5) is 18.9 Å². The average molecular weight is 463 g/mol. The number of nitrogens with zero attached hydrogens (tertiary/aromatic N) is 3. The second-order valence-electron chi connectivity index (χ2n) is 7.17. The number of nitrogens with one attached hydrogen (secondary N) is 1. The molecule has 3 N–H and O–H groups in total. The molecule has 2 aromatic heterocycles. The van der Waals surface area contributed by atoms with E-state index in [1.807, 2.05) is 0 Å². The van der Waals surface area contributed by atoms with Crippen LogP contribution in [-0.4, -0.2) is 27.0 Å². The number of primary amides is 1. The maximum Gasteiger partial charge on any atom is 0.417 e. The SMILES string of the molecule is NC(=O)c1cnc(-c2ccccc2)c(NC(=O)c2ccc(C(F)(F)F)c(-c3cccnn3)c2)c1. The van der Waals surface area contributed by atoms with Crippen molar-refractivity contribution in [2.45, 2.75) is 6.18 Å². The van der Waals surface area contributed by atoms with Crippen LogP contribution in [0.5, 0.6) is 0 Å². The fourth-order valence-electron chi connectivity index (χ4n) is 3.31. The van der Waals surface area contributed by atoms with Crippen molar-refractivity contribution in [3.05, 3.63) is 95.8 Å². The number of rotatable bonds is 5. The Labute approximate surface area is 191 Å². The van der Waals surface area contributed by atoms with Crippen molar-refractivity contribution < 1.29 is 22.8 Å². The maximum atomic E-state index is 13.6. The first-order valence-electron chi connectivity index (χ1n) is 9.90. The van der Waals surface area contributed by atoms with E-state index in [4.69, 9.17) is 5.73 Å². The zero-order chi connectivity index (χ0) is 24.3. The molecule has 10 heteroatoms. The summed E-state index contributed by atoms with van der Waals surface area (Å²) in [4.78, 5) is 28.9. The molecule has 170 valence electrons. The summed E-state index contributed by atoms with van der Waals surface area (Å²) in [5.74, 6) is -1.46. The molecular weight excluding hydrogens is 447 g/mol. The van der Waals surface area contributed by atoms with Crippen LogP contribution in [0.1, 0.15) is 26.3 Å². The van der Waals surface area contributed by atoms with Gasteiger partial charge in [0.15, 0.2) is 0 Å². The van der Waals surface area contributed by atoms with Gasteiger partial charge in [0.05, 0.1) is 28.2 Å². The number of hydrogen-bond donors (Lipinski definition) is 2. The molecule has 0 radical (unpaired) electrons. The van der Waals surface area contributed by atoms with Gasteiger partial charge in [-0.15, -0.1) is 0 Å². The Morgan fingerprint density at radius 2 is 1.68 bits per heavy atom. The summed E-state index contributed by atoms with van der Waals surface area (Å²) in [6.07, 6.45) is -2.05. The summed E-state index contributed by atoms with van der Waals surface area (Å²) in [6.45, 7) is 0. The molecule has 0 spiro atoms. The van der Waals surface area contributed by atoms with Crippen LogP contribution < -0.4 is 11.1 Å². The van der Waals surface area contributed by atoms with Crippen molar-refractivity contribution in [2.24, 2.45) is 5.73 Å². The lowest BCUT2D eigenvalue weighted by atomic mass is 10.00. The molecular formula is C24H16F3N5O2. The smallest absolute Gasteiger partial charge is 0.366 e. The highest BCUT2D eigenvalue weighted by Gasteiger charge is 2.34. The van der Waals surface area contributed by atoms with Crippen molar-refractivity contribution in [1.29, 1.82) is 0 Å². The van der Waals surface area contributed by atoms with Crippen LogP contribution in [0.25, 0.3) is 22.5 Å². The van der Waals surface area contributed by atoms with E-state index in [1.54, 1.807) is 30.3 Å². The second-order valence-corrected chi connectivity index (χ2v) is 7.17. The van der Waals surface area contributed by atoms with Gasteiger partial charge in [0.25, 0.3) is 5.91 Å². The van der Waals surface area contributed by atoms with Gasteiger partial charge in [0.1, 0.15) is 0 Å². The molecule has 4 aromatic rings. The third-order valence-corrected chi connectivity index (χ3v) is 4.90. The number of halogens is 3. The lowest BCUT2D eigenvalue weighted by molar-refractivity contribution is -0.137. The molecule has 0 atom stereocenters. The molecule has 2 heterocycles. The molecule has 0 saturated carbocycles. The van der Waals surface area contributed by atoms with Gasteiger partial charge in [-0.2, -0.15) is 23.4 Å². The lowest BCUT2D eigenvalue weighted by Gasteiger charge is -2.15. The quantitative estimate of drug-likeness (QED) is 0.450. The third kappa shape index (κ3) is 4.75. The van der Waals surface area contributed by atoms with Crippen LogP contribution in [-0.2, 0) is 6.18 Å². The minimum absolute atomic E-state index is 0.0353. The van der Waals surface area contributed by atoms with E-state index in [1.165, 1.54) is 30.6 Å². The molecule has 4 rings (SSSR count). The monoisotopic (exact) mass is 463 g/mol. The molecule has 0 aliphatic rings. The van der Waals surface area contributed by atoms with Crippen molar-refractivity contribution in [3.8, 4) is 22.5 Å². The Hall–Kier alpha value is -4.60. The van der Waals surface area contributed by atoms with E-state index in [0.717, 1.165) is 18.2 Å². The van der Waals surface area contributed by atoms with Crippen molar-refractivity contribution >= 4 is 17.5 Å². The number of carbonyl (C=O) groups is 2. The minimum Gasteiger partial charge on any atom is -0.366 e. The van der Waals surface area contributed by atoms with Crippen LogP contribution in [0.15, 0.2) is 79.1 Å². The summed E-state index contributed by atoms with van der Waals surface area (Å²) in [7, 11) is 0. The molecule has 2 amide bonds. The third-order valence-electron chi connectivity index (χ3n) is 4.90. The number of hydrogen-bond acceptors (Lipinski definition) is 5. The Kier molecular flexibility index (Phi) is 6.05. The molecule has 0 saturated heterocycles. The van der Waals surface area contributed by atoms with E-state index in [-0.39, 0.29) is 28.1 Å². The number of pyridine rings is 1. The van der Waals surface area contributed by atoms with Gasteiger partial charge < -0.3 is 11.1 Å². The first-order valence-corrected chi connectivity index (χ1v) is 9.90. The number of alkyl halides is 3. The normalized spacial score (nSPS) is 11.1. The number of aromatic nitrogens is 3. The second kappa shape index (κ2) is 9.10. The van der Waals surface area contributed by atoms with Crippen molar-refractivity contribution in [3.63, 3.8) is 0 Å². The number of carbonyl (C=O) groups excluding carboxylic acids is 2. The van der Waals surface area contributed by atoms with Crippen LogP contribution in [0, 0.1) is 0 Å². The van der Waals surface area contributed by atoms with Gasteiger partial charge in [0, 0.05) is 29.1 Å². The first kappa shape index (κ1) is 22.6. The van der Waals surface area contributed by atoms with Crippen molar-refractivity contribution in [1.82, 2.24) is 15.2 Å². The summed E-state index contributed by atoms with van der Waals surface area (Å²) >= 11 is 0. The van der Waals surface area contributed by atoms with Gasteiger partial charge in [-0.1, -0.05) is 30.3 Å². The Morgan fingerprint density at radius 3 is 2.32 bits per heavy atom.